The van der Waals surface area contributed by atoms with Gasteiger partial charge in [0, 0.05) is 10.9 Å². The molecule has 3 aromatic rings. The molecule has 0 aliphatic rings. The fraction of sp³-hybridized carbons (Fsp3) is 0.286. The van der Waals surface area contributed by atoms with Gasteiger partial charge in [0.2, 0.25) is 11.6 Å². The molecule has 0 bridgehead atoms. The van der Waals surface area contributed by atoms with E-state index in [1.54, 1.807) is 26.4 Å². The maximum atomic E-state index is 12.1. The van der Waals surface area contributed by atoms with Crippen LogP contribution in [0.1, 0.15) is 17.9 Å². The molecule has 2 aromatic carbocycles. The van der Waals surface area contributed by atoms with Crippen LogP contribution in [0.15, 0.2) is 45.3 Å². The van der Waals surface area contributed by atoms with E-state index in [-0.39, 0.29) is 24.9 Å². The summed E-state index contributed by atoms with van der Waals surface area (Å²) < 4.78 is 27.6. The number of benzene rings is 2. The lowest BCUT2D eigenvalue weighted by atomic mass is 10.1. The summed E-state index contributed by atoms with van der Waals surface area (Å²) in [6.45, 7) is -0.0917. The highest BCUT2D eigenvalue weighted by Gasteiger charge is 2.15. The average molecular weight is 477 g/mol. The van der Waals surface area contributed by atoms with Crippen molar-refractivity contribution in [2.24, 2.45) is 0 Å². The van der Waals surface area contributed by atoms with Crippen LogP contribution in [0.25, 0.3) is 11.5 Å². The van der Waals surface area contributed by atoms with E-state index in [1.165, 1.54) is 7.11 Å². The second kappa shape index (κ2) is 10.1. The minimum absolute atomic E-state index is 0.0917. The smallest absolute Gasteiger partial charge is 0.306 e. The Morgan fingerprint density at radius 2 is 1.73 bits per heavy atom. The van der Waals surface area contributed by atoms with Crippen molar-refractivity contribution in [2.75, 3.05) is 21.3 Å². The molecule has 30 heavy (non-hydrogen) atoms. The summed E-state index contributed by atoms with van der Waals surface area (Å²) in [6, 6.07) is 11.1. The van der Waals surface area contributed by atoms with Gasteiger partial charge in [0.15, 0.2) is 18.1 Å². The highest BCUT2D eigenvalue weighted by atomic mass is 79.9. The van der Waals surface area contributed by atoms with Gasteiger partial charge in [-0.3, -0.25) is 4.79 Å². The lowest BCUT2D eigenvalue weighted by Crippen LogP contribution is -2.06. The zero-order chi connectivity index (χ0) is 21.5. The summed E-state index contributed by atoms with van der Waals surface area (Å²) in [5, 5.41) is 7.92. The van der Waals surface area contributed by atoms with E-state index in [2.05, 4.69) is 26.1 Å². The molecule has 8 nitrogen and oxygen atoms in total. The molecule has 9 heteroatoms. The molecule has 0 unspecified atom stereocenters. The van der Waals surface area contributed by atoms with Crippen molar-refractivity contribution >= 4 is 21.9 Å². The number of ether oxygens (including phenoxy) is 4. The van der Waals surface area contributed by atoms with E-state index >= 15 is 0 Å². The molecule has 0 fully saturated rings. The van der Waals surface area contributed by atoms with E-state index < -0.39 is 0 Å². The summed E-state index contributed by atoms with van der Waals surface area (Å²) in [4.78, 5) is 12.1. The third-order valence-corrected chi connectivity index (χ3v) is 4.96. The normalized spacial score (nSPS) is 10.5. The van der Waals surface area contributed by atoms with Crippen LogP contribution in [-0.2, 0) is 22.6 Å². The molecule has 0 saturated heterocycles. The van der Waals surface area contributed by atoms with Gasteiger partial charge in [-0.1, -0.05) is 12.1 Å². The number of hydrogen-bond acceptors (Lipinski definition) is 8. The molecular formula is C21H21BrN2O6. The van der Waals surface area contributed by atoms with Gasteiger partial charge in [0.1, 0.15) is 0 Å². The van der Waals surface area contributed by atoms with Gasteiger partial charge in [0.25, 0.3) is 5.89 Å². The molecule has 0 amide bonds. The summed E-state index contributed by atoms with van der Waals surface area (Å²) >= 11 is 3.44. The highest BCUT2D eigenvalue weighted by Crippen LogP contribution is 2.38. The number of carbonyl (C=O) groups is 1. The summed E-state index contributed by atoms with van der Waals surface area (Å²) in [6.07, 6.45) is 0.617. The molecule has 3 rings (SSSR count). The Hall–Kier alpha value is -3.07. The number of aryl methyl sites for hydroxylation is 1. The van der Waals surface area contributed by atoms with Crippen LogP contribution in [0.5, 0.6) is 17.2 Å². The van der Waals surface area contributed by atoms with Gasteiger partial charge in [-0.05, 0) is 52.2 Å². The predicted molar refractivity (Wildman–Crippen MR) is 112 cm³/mol. The van der Waals surface area contributed by atoms with E-state index in [1.807, 2.05) is 24.3 Å². The van der Waals surface area contributed by atoms with Crippen LogP contribution in [0.4, 0.5) is 0 Å². The fourth-order valence-electron chi connectivity index (χ4n) is 2.80. The molecule has 158 valence electrons. The van der Waals surface area contributed by atoms with Crippen molar-refractivity contribution in [2.45, 2.75) is 19.4 Å². The SMILES string of the molecule is COc1cc(CCC(=O)OCc2nnc(-c3ccccc3Br)o2)cc(OC)c1OC. The van der Waals surface area contributed by atoms with Crippen molar-refractivity contribution < 1.29 is 28.2 Å². The second-order valence-electron chi connectivity index (χ2n) is 6.18. The Morgan fingerprint density at radius 1 is 1.03 bits per heavy atom. The number of carbonyl (C=O) groups excluding carboxylic acids is 1. The van der Waals surface area contributed by atoms with Crippen molar-refractivity contribution in [3.05, 3.63) is 52.3 Å². The summed E-state index contributed by atoms with van der Waals surface area (Å²) in [5.74, 6) is 1.76. The molecular weight excluding hydrogens is 456 g/mol. The maximum Gasteiger partial charge on any atom is 0.306 e. The molecule has 0 radical (unpaired) electrons. The largest absolute Gasteiger partial charge is 0.493 e. The van der Waals surface area contributed by atoms with E-state index in [0.717, 1.165) is 15.6 Å². The minimum Gasteiger partial charge on any atom is -0.493 e. The average Bonchev–Trinajstić information content (AvgIpc) is 3.24. The van der Waals surface area contributed by atoms with Gasteiger partial charge in [0.05, 0.1) is 26.9 Å². The zero-order valence-electron chi connectivity index (χ0n) is 16.8. The molecule has 0 spiro atoms. The van der Waals surface area contributed by atoms with Crippen molar-refractivity contribution in [3.63, 3.8) is 0 Å². The minimum atomic E-state index is -0.385. The van der Waals surface area contributed by atoms with Crippen LogP contribution in [-0.4, -0.2) is 37.5 Å². The Bertz CT molecular complexity index is 995. The van der Waals surface area contributed by atoms with Crippen LogP contribution >= 0.6 is 15.9 Å². The third kappa shape index (κ3) is 5.10. The lowest BCUT2D eigenvalue weighted by Gasteiger charge is -2.14. The summed E-state index contributed by atoms with van der Waals surface area (Å²) in [7, 11) is 4.63. The van der Waals surface area contributed by atoms with Crippen LogP contribution < -0.4 is 14.2 Å². The van der Waals surface area contributed by atoms with Gasteiger partial charge < -0.3 is 23.4 Å². The predicted octanol–water partition coefficient (Wildman–Crippen LogP) is 4.20. The topological polar surface area (TPSA) is 92.9 Å². The van der Waals surface area contributed by atoms with Crippen molar-refractivity contribution in [1.82, 2.24) is 10.2 Å². The van der Waals surface area contributed by atoms with Crippen LogP contribution in [0, 0.1) is 0 Å². The number of nitrogens with zero attached hydrogens (tertiary/aromatic N) is 2. The Kier molecular flexibility index (Phi) is 7.29. The fourth-order valence-corrected chi connectivity index (χ4v) is 3.25. The number of halogens is 1. The Morgan fingerprint density at radius 3 is 2.37 bits per heavy atom. The molecule has 1 aromatic heterocycles. The Balaban J connectivity index is 1.57. The number of esters is 1. The van der Waals surface area contributed by atoms with E-state index in [4.69, 9.17) is 23.4 Å². The Labute approximate surface area is 182 Å². The molecule has 0 aliphatic carbocycles. The maximum absolute atomic E-state index is 12.1. The monoisotopic (exact) mass is 476 g/mol. The number of rotatable bonds is 9. The molecule has 0 N–H and O–H groups in total. The van der Waals surface area contributed by atoms with Gasteiger partial charge in [-0.15, -0.1) is 10.2 Å². The van der Waals surface area contributed by atoms with Crippen LogP contribution in [0.3, 0.4) is 0 Å². The van der Waals surface area contributed by atoms with Gasteiger partial charge in [-0.2, -0.15) is 0 Å². The second-order valence-corrected chi connectivity index (χ2v) is 7.03. The first-order valence-electron chi connectivity index (χ1n) is 9.07. The van der Waals surface area contributed by atoms with Crippen molar-refractivity contribution in [1.29, 1.82) is 0 Å². The summed E-state index contributed by atoms with van der Waals surface area (Å²) in [5.41, 5.74) is 1.63. The first-order chi connectivity index (χ1) is 14.5. The third-order valence-electron chi connectivity index (χ3n) is 4.27. The first kappa shape index (κ1) is 21.6. The highest BCUT2D eigenvalue weighted by molar-refractivity contribution is 9.10. The van der Waals surface area contributed by atoms with Gasteiger partial charge in [-0.25, -0.2) is 0 Å². The lowest BCUT2D eigenvalue weighted by molar-refractivity contribution is -0.145. The first-order valence-corrected chi connectivity index (χ1v) is 9.86. The van der Waals surface area contributed by atoms with E-state index in [0.29, 0.717) is 29.6 Å². The van der Waals surface area contributed by atoms with Gasteiger partial charge >= 0.3 is 5.97 Å². The standard InChI is InChI=1S/C21H21BrN2O6/c1-26-16-10-13(11-17(27-2)20(16)28-3)8-9-19(25)29-12-18-23-24-21(30-18)14-6-4-5-7-15(14)22/h4-7,10-11H,8-9,12H2,1-3H3. The molecule has 0 aliphatic heterocycles. The molecule has 0 saturated carbocycles. The number of methoxy groups -OCH3 is 3. The number of hydrogen-bond donors (Lipinski definition) is 0. The number of aromatic nitrogens is 2. The van der Waals surface area contributed by atoms with Crippen molar-refractivity contribution in [3.8, 4) is 28.7 Å². The van der Waals surface area contributed by atoms with E-state index in [9.17, 15) is 4.79 Å². The molecule has 0 atom stereocenters. The zero-order valence-corrected chi connectivity index (χ0v) is 18.4. The molecule has 1 heterocycles. The van der Waals surface area contributed by atoms with Crippen LogP contribution in [0.2, 0.25) is 0 Å². The quantitative estimate of drug-likeness (QED) is 0.424.